The molecule has 0 spiro atoms. The molecular weight excluding hydrogens is 318 g/mol. The van der Waals surface area contributed by atoms with Crippen LogP contribution in [0.1, 0.15) is 35.1 Å². The van der Waals surface area contributed by atoms with Gasteiger partial charge in [-0.25, -0.2) is 0 Å². The summed E-state index contributed by atoms with van der Waals surface area (Å²) in [7, 11) is 1.98. The second-order valence-corrected chi connectivity index (χ2v) is 8.50. The van der Waals surface area contributed by atoms with Gasteiger partial charge < -0.3 is 4.74 Å². The minimum atomic E-state index is 0.302. The Morgan fingerprint density at radius 3 is 2.92 bits per heavy atom. The second kappa shape index (κ2) is 7.81. The Morgan fingerprint density at radius 1 is 1.38 bits per heavy atom. The van der Waals surface area contributed by atoms with E-state index in [1.807, 2.05) is 29.3 Å². The first-order valence-electron chi connectivity index (χ1n) is 8.91. The largest absolute Gasteiger partial charge is 0.381 e. The Hall–Kier alpha value is -1.17. The van der Waals surface area contributed by atoms with Crippen LogP contribution in [-0.2, 0) is 24.8 Å². The normalized spacial score (nSPS) is 21.6. The molecule has 1 saturated heterocycles. The number of rotatable bonds is 8. The Morgan fingerprint density at radius 2 is 2.25 bits per heavy atom. The van der Waals surface area contributed by atoms with E-state index in [4.69, 9.17) is 4.74 Å². The summed E-state index contributed by atoms with van der Waals surface area (Å²) < 4.78 is 7.76. The summed E-state index contributed by atoms with van der Waals surface area (Å²) in [5.41, 5.74) is 1.61. The summed E-state index contributed by atoms with van der Waals surface area (Å²) in [4.78, 5) is 5.48. The number of aryl methyl sites for hydroxylation is 3. The van der Waals surface area contributed by atoms with E-state index in [1.54, 1.807) is 0 Å². The molecule has 0 N–H and O–H groups in total. The lowest BCUT2D eigenvalue weighted by atomic mass is 9.83. The fraction of sp³-hybridized carbons (Fsp3) is 0.632. The lowest BCUT2D eigenvalue weighted by Gasteiger charge is -2.29. The topological polar surface area (TPSA) is 30.3 Å². The zero-order valence-corrected chi connectivity index (χ0v) is 15.9. The molecule has 5 heteroatoms. The third-order valence-corrected chi connectivity index (χ3v) is 6.05. The van der Waals surface area contributed by atoms with Crippen LogP contribution in [0.5, 0.6) is 0 Å². The van der Waals surface area contributed by atoms with Crippen molar-refractivity contribution in [2.24, 2.45) is 12.5 Å². The predicted octanol–water partition coefficient (Wildman–Crippen LogP) is 3.65. The highest BCUT2D eigenvalue weighted by Gasteiger charge is 2.38. The average molecular weight is 348 g/mol. The smallest absolute Gasteiger partial charge is 0.0535 e. The zero-order valence-electron chi connectivity index (χ0n) is 15.1. The van der Waals surface area contributed by atoms with E-state index in [2.05, 4.69) is 42.2 Å². The molecule has 2 aromatic heterocycles. The molecule has 2 aromatic rings. The third-order valence-electron chi connectivity index (χ3n) is 4.99. The van der Waals surface area contributed by atoms with Gasteiger partial charge in [0.15, 0.2) is 0 Å². The molecule has 0 unspecified atom stereocenters. The van der Waals surface area contributed by atoms with Crippen LogP contribution < -0.4 is 0 Å². The molecule has 0 bridgehead atoms. The van der Waals surface area contributed by atoms with Gasteiger partial charge in [-0.15, -0.1) is 11.3 Å². The van der Waals surface area contributed by atoms with Gasteiger partial charge >= 0.3 is 0 Å². The number of likely N-dealkylation sites (tertiary alicyclic amines) is 1. The van der Waals surface area contributed by atoms with Crippen molar-refractivity contribution >= 4 is 11.3 Å². The molecular formula is C19H29N3OS. The van der Waals surface area contributed by atoms with E-state index in [1.165, 1.54) is 34.6 Å². The maximum absolute atomic E-state index is 5.88. The maximum Gasteiger partial charge on any atom is 0.0535 e. The van der Waals surface area contributed by atoms with Crippen LogP contribution in [0.2, 0.25) is 0 Å². The highest BCUT2D eigenvalue weighted by Crippen LogP contribution is 2.37. The van der Waals surface area contributed by atoms with Gasteiger partial charge in [0.2, 0.25) is 0 Å². The number of aromatic nitrogens is 2. The molecule has 1 atom stereocenters. The van der Waals surface area contributed by atoms with Gasteiger partial charge in [-0.1, -0.05) is 0 Å². The van der Waals surface area contributed by atoms with E-state index in [0.717, 1.165) is 32.8 Å². The van der Waals surface area contributed by atoms with Gasteiger partial charge in [-0.3, -0.25) is 9.58 Å². The summed E-state index contributed by atoms with van der Waals surface area (Å²) in [6.07, 6.45) is 7.73. The van der Waals surface area contributed by atoms with Gasteiger partial charge in [0.05, 0.1) is 12.8 Å². The highest BCUT2D eigenvalue weighted by molar-refractivity contribution is 7.11. The number of thiophene rings is 1. The van der Waals surface area contributed by atoms with Crippen molar-refractivity contribution in [1.82, 2.24) is 14.7 Å². The van der Waals surface area contributed by atoms with Crippen molar-refractivity contribution in [2.45, 2.75) is 39.7 Å². The maximum atomic E-state index is 5.88. The number of hydrogen-bond donors (Lipinski definition) is 0. The molecule has 1 fully saturated rings. The Balaban J connectivity index is 1.60. The van der Waals surface area contributed by atoms with Crippen LogP contribution in [0, 0.1) is 12.3 Å². The zero-order chi connectivity index (χ0) is 17.0. The number of ether oxygens (including phenoxy) is 1. The summed E-state index contributed by atoms with van der Waals surface area (Å²) >= 11 is 1.93. The molecule has 0 aliphatic carbocycles. The number of hydrogen-bond acceptors (Lipinski definition) is 4. The van der Waals surface area contributed by atoms with Crippen molar-refractivity contribution in [2.75, 3.05) is 26.3 Å². The SMILES string of the molecule is CCOC[C@@]1(CCc2ccc(C)s2)CCN(Cc2cnn(C)c2)C1. The molecule has 24 heavy (non-hydrogen) atoms. The van der Waals surface area contributed by atoms with Crippen LogP contribution in [0.3, 0.4) is 0 Å². The highest BCUT2D eigenvalue weighted by atomic mass is 32.1. The molecule has 0 aromatic carbocycles. The quantitative estimate of drug-likeness (QED) is 0.730. The Kier molecular flexibility index (Phi) is 5.74. The van der Waals surface area contributed by atoms with Crippen molar-refractivity contribution in [3.05, 3.63) is 39.8 Å². The fourth-order valence-electron chi connectivity index (χ4n) is 3.69. The van der Waals surface area contributed by atoms with Crippen LogP contribution in [-0.4, -0.2) is 41.0 Å². The number of nitrogens with zero attached hydrogens (tertiary/aromatic N) is 3. The molecule has 132 valence electrons. The first-order chi connectivity index (χ1) is 11.6. The Bertz CT molecular complexity index is 651. The monoisotopic (exact) mass is 347 g/mol. The van der Waals surface area contributed by atoms with Crippen LogP contribution in [0.15, 0.2) is 24.5 Å². The lowest BCUT2D eigenvalue weighted by Crippen LogP contribution is -2.32. The van der Waals surface area contributed by atoms with Crippen molar-refractivity contribution in [3.8, 4) is 0 Å². The third kappa shape index (κ3) is 4.47. The first kappa shape index (κ1) is 17.6. The second-order valence-electron chi connectivity index (χ2n) is 7.13. The van der Waals surface area contributed by atoms with E-state index in [-0.39, 0.29) is 0 Å². The molecule has 1 aliphatic heterocycles. The van der Waals surface area contributed by atoms with Gasteiger partial charge in [-0.05, 0) is 51.8 Å². The van der Waals surface area contributed by atoms with Crippen LogP contribution in [0.4, 0.5) is 0 Å². The van der Waals surface area contributed by atoms with Gasteiger partial charge in [0, 0.05) is 53.7 Å². The minimum Gasteiger partial charge on any atom is -0.381 e. The molecule has 4 nitrogen and oxygen atoms in total. The van der Waals surface area contributed by atoms with Gasteiger partial charge in [0.25, 0.3) is 0 Å². The lowest BCUT2D eigenvalue weighted by molar-refractivity contribution is 0.0490. The van der Waals surface area contributed by atoms with Crippen molar-refractivity contribution < 1.29 is 4.74 Å². The molecule has 3 heterocycles. The van der Waals surface area contributed by atoms with E-state index in [0.29, 0.717) is 5.41 Å². The van der Waals surface area contributed by atoms with E-state index >= 15 is 0 Å². The van der Waals surface area contributed by atoms with Gasteiger partial charge in [-0.2, -0.15) is 5.10 Å². The van der Waals surface area contributed by atoms with E-state index in [9.17, 15) is 0 Å². The summed E-state index contributed by atoms with van der Waals surface area (Å²) in [5, 5.41) is 4.29. The average Bonchev–Trinajstić information content (AvgIpc) is 3.26. The minimum absolute atomic E-state index is 0.302. The van der Waals surface area contributed by atoms with Crippen LogP contribution in [0.25, 0.3) is 0 Å². The molecule has 0 saturated carbocycles. The van der Waals surface area contributed by atoms with Crippen LogP contribution >= 0.6 is 11.3 Å². The van der Waals surface area contributed by atoms with E-state index < -0.39 is 0 Å². The molecule has 1 aliphatic rings. The molecule has 3 rings (SSSR count). The Labute approximate surface area is 149 Å². The predicted molar refractivity (Wildman–Crippen MR) is 99.4 cm³/mol. The van der Waals surface area contributed by atoms with Crippen molar-refractivity contribution in [1.29, 1.82) is 0 Å². The van der Waals surface area contributed by atoms with Crippen molar-refractivity contribution in [3.63, 3.8) is 0 Å². The fourth-order valence-corrected chi connectivity index (χ4v) is 4.58. The molecule has 0 radical (unpaired) electrons. The summed E-state index contributed by atoms with van der Waals surface area (Å²) in [6.45, 7) is 9.27. The summed E-state index contributed by atoms with van der Waals surface area (Å²) in [6, 6.07) is 4.52. The van der Waals surface area contributed by atoms with Gasteiger partial charge in [0.1, 0.15) is 0 Å². The molecule has 0 amide bonds. The first-order valence-corrected chi connectivity index (χ1v) is 9.73. The summed E-state index contributed by atoms with van der Waals surface area (Å²) in [5.74, 6) is 0. The standard InChI is InChI=1S/C19H29N3OS/c1-4-23-15-19(8-7-18-6-5-16(2)24-18)9-10-22(14-19)13-17-11-20-21(3)12-17/h5-6,11-12H,4,7-10,13-15H2,1-3H3/t19-/m0/s1.